The first kappa shape index (κ1) is 38.3. The van der Waals surface area contributed by atoms with Crippen LogP contribution in [0, 0.1) is 0 Å². The molecule has 0 fully saturated rings. The molecule has 0 amide bonds. The van der Waals surface area contributed by atoms with E-state index in [0.29, 0.717) is 0 Å². The number of benzene rings is 4. The third-order valence-corrected chi connectivity index (χ3v) is 11.1. The molecular weight excluding hydrogens is 764 g/mol. The van der Waals surface area contributed by atoms with Gasteiger partial charge in [0.2, 0.25) is 0 Å². The molecule has 0 bridgehead atoms. The summed E-state index contributed by atoms with van der Waals surface area (Å²) in [5.41, 5.74) is 4.01. The zero-order chi connectivity index (χ0) is 33.5. The second-order valence-electron chi connectivity index (χ2n) is 11.5. The number of aliphatic imine (C=N–C) groups is 2. The maximum Gasteiger partial charge on any atom is 0.119 e. The smallest absolute Gasteiger partial charge is 0.119 e. The van der Waals surface area contributed by atoms with Crippen molar-refractivity contribution in [3.05, 3.63) is 117 Å². The highest BCUT2D eigenvalue weighted by atomic mass is 79.9. The molecule has 8 heteroatoms. The van der Waals surface area contributed by atoms with Crippen molar-refractivity contribution in [3.63, 3.8) is 0 Å². The van der Waals surface area contributed by atoms with Crippen molar-refractivity contribution in [3.8, 4) is 11.5 Å². The van der Waals surface area contributed by atoms with Gasteiger partial charge in [-0.05, 0) is 134 Å². The Morgan fingerprint density at radius 3 is 1.19 bits per heavy atom. The Hall–Kier alpha value is -2.52. The molecule has 0 heterocycles. The first-order valence-corrected chi connectivity index (χ1v) is 21.0. The second-order valence-corrected chi connectivity index (χ2v) is 16.0. The lowest BCUT2D eigenvalue weighted by Crippen LogP contribution is -1.97. The third-order valence-electron chi connectivity index (χ3n) is 7.50. The number of halogens is 2. The molecule has 4 aromatic rings. The third kappa shape index (κ3) is 16.7. The van der Waals surface area contributed by atoms with Crippen LogP contribution in [0.15, 0.2) is 116 Å². The Morgan fingerprint density at radius 1 is 0.438 bits per heavy atom. The average Bonchev–Trinajstić information content (AvgIpc) is 3.11. The molecule has 0 N–H and O–H groups in total. The molecule has 0 spiro atoms. The first-order chi connectivity index (χ1) is 23.6. The van der Waals surface area contributed by atoms with E-state index in [0.717, 1.165) is 69.0 Å². The van der Waals surface area contributed by atoms with Crippen molar-refractivity contribution in [2.75, 3.05) is 24.7 Å². The summed E-state index contributed by atoms with van der Waals surface area (Å²) in [7, 11) is 4.09. The van der Waals surface area contributed by atoms with E-state index in [1.54, 1.807) is 0 Å². The second kappa shape index (κ2) is 23.8. The number of rotatable bonds is 23. The van der Waals surface area contributed by atoms with Crippen molar-refractivity contribution < 1.29 is 9.47 Å². The number of ether oxygens (including phenoxy) is 2. The predicted octanol–water partition coefficient (Wildman–Crippen LogP) is 13.5. The largest absolute Gasteiger partial charge is 0.494 e. The lowest BCUT2D eigenvalue weighted by Gasteiger charge is -2.07. The van der Waals surface area contributed by atoms with Crippen LogP contribution in [-0.4, -0.2) is 37.1 Å². The minimum absolute atomic E-state index is 0.780. The molecule has 0 unspecified atom stereocenters. The normalized spacial score (nSPS) is 11.5. The Balaban J connectivity index is 0.884. The number of hydrogen-bond acceptors (Lipinski definition) is 6. The molecule has 48 heavy (non-hydrogen) atoms. The van der Waals surface area contributed by atoms with Crippen LogP contribution in [-0.2, 0) is 0 Å². The zero-order valence-corrected chi connectivity index (χ0v) is 32.4. The first-order valence-electron chi connectivity index (χ1n) is 16.9. The Morgan fingerprint density at radius 2 is 0.792 bits per heavy atom. The molecule has 0 atom stereocenters. The van der Waals surface area contributed by atoms with E-state index in [2.05, 4.69) is 66.1 Å². The van der Waals surface area contributed by atoms with Crippen molar-refractivity contribution in [2.45, 2.75) is 64.2 Å². The molecule has 0 saturated carbocycles. The minimum atomic E-state index is 0.780. The Labute approximate surface area is 312 Å². The van der Waals surface area contributed by atoms with Gasteiger partial charge in [-0.2, -0.15) is 0 Å². The van der Waals surface area contributed by atoms with Crippen LogP contribution in [0.5, 0.6) is 11.5 Å². The summed E-state index contributed by atoms with van der Waals surface area (Å²) >= 11 is 6.90. The maximum atomic E-state index is 5.93. The van der Waals surface area contributed by atoms with Crippen LogP contribution in [0.2, 0.25) is 0 Å². The Bertz CT molecular complexity index is 1370. The van der Waals surface area contributed by atoms with Crippen LogP contribution in [0.4, 0.5) is 11.4 Å². The van der Waals surface area contributed by atoms with Gasteiger partial charge in [0.1, 0.15) is 11.5 Å². The monoisotopic (exact) mass is 808 g/mol. The van der Waals surface area contributed by atoms with Crippen LogP contribution in [0.1, 0.15) is 75.3 Å². The molecule has 4 aromatic carbocycles. The molecule has 4 rings (SSSR count). The molecular formula is C40H46Br2N2O2S2. The van der Waals surface area contributed by atoms with E-state index in [4.69, 9.17) is 9.47 Å². The Kier molecular flexibility index (Phi) is 19.0. The molecule has 0 saturated heterocycles. The van der Waals surface area contributed by atoms with E-state index >= 15 is 0 Å². The van der Waals surface area contributed by atoms with Gasteiger partial charge in [0.25, 0.3) is 0 Å². The zero-order valence-electron chi connectivity index (χ0n) is 27.6. The molecule has 0 aromatic heterocycles. The van der Waals surface area contributed by atoms with Crippen molar-refractivity contribution in [2.24, 2.45) is 9.98 Å². The number of unbranched alkanes of at least 4 members (excludes halogenated alkanes) is 8. The van der Waals surface area contributed by atoms with Crippen LogP contribution >= 0.6 is 53.4 Å². The summed E-state index contributed by atoms with van der Waals surface area (Å²) < 4.78 is 14.0. The predicted molar refractivity (Wildman–Crippen MR) is 218 cm³/mol. The van der Waals surface area contributed by atoms with Gasteiger partial charge in [-0.15, -0.1) is 0 Å². The maximum absolute atomic E-state index is 5.93. The van der Waals surface area contributed by atoms with Gasteiger partial charge >= 0.3 is 0 Å². The SMILES string of the molecule is Brc1ccc(N=Cc2ccc(OCCCCCCCSSCCCCCCCOc3ccc(C=Nc4ccc(Br)cc4)cc3)cc2)cc1. The summed E-state index contributed by atoms with van der Waals surface area (Å²) in [6.07, 6.45) is 16.3. The topological polar surface area (TPSA) is 43.2 Å². The quantitative estimate of drug-likeness (QED) is 0.0425. The molecule has 0 aliphatic rings. The van der Waals surface area contributed by atoms with Gasteiger partial charge in [0, 0.05) is 32.9 Å². The van der Waals surface area contributed by atoms with E-state index < -0.39 is 0 Å². The summed E-state index contributed by atoms with van der Waals surface area (Å²) in [5, 5.41) is 0. The van der Waals surface area contributed by atoms with Gasteiger partial charge in [-0.3, -0.25) is 9.98 Å². The lowest BCUT2D eigenvalue weighted by molar-refractivity contribution is 0.304. The van der Waals surface area contributed by atoms with Gasteiger partial charge in [0.15, 0.2) is 0 Å². The van der Waals surface area contributed by atoms with Gasteiger partial charge < -0.3 is 9.47 Å². The lowest BCUT2D eigenvalue weighted by atomic mass is 10.2. The van der Waals surface area contributed by atoms with E-state index in [1.807, 2.05) is 107 Å². The summed E-state index contributed by atoms with van der Waals surface area (Å²) in [5.74, 6) is 4.37. The molecule has 0 aliphatic heterocycles. The fourth-order valence-electron chi connectivity index (χ4n) is 4.74. The number of hydrogen-bond donors (Lipinski definition) is 0. The van der Waals surface area contributed by atoms with E-state index in [-0.39, 0.29) is 0 Å². The molecule has 0 aliphatic carbocycles. The highest BCUT2D eigenvalue weighted by Gasteiger charge is 1.99. The van der Waals surface area contributed by atoms with Crippen molar-refractivity contribution in [1.82, 2.24) is 0 Å². The van der Waals surface area contributed by atoms with Crippen LogP contribution in [0.25, 0.3) is 0 Å². The summed E-state index contributed by atoms with van der Waals surface area (Å²) in [4.78, 5) is 9.04. The number of nitrogens with zero attached hydrogens (tertiary/aromatic N) is 2. The highest BCUT2D eigenvalue weighted by molar-refractivity contribution is 9.10. The fraction of sp³-hybridized carbons (Fsp3) is 0.350. The van der Waals surface area contributed by atoms with Gasteiger partial charge in [-0.1, -0.05) is 92.0 Å². The average molecular weight is 811 g/mol. The molecule has 4 nitrogen and oxygen atoms in total. The molecule has 254 valence electrons. The minimum Gasteiger partial charge on any atom is -0.494 e. The molecule has 0 radical (unpaired) electrons. The van der Waals surface area contributed by atoms with Crippen molar-refractivity contribution in [1.29, 1.82) is 0 Å². The standard InChI is InChI=1S/C40H46Br2N2O2S2/c41-35-15-19-37(20-16-35)43-31-33-11-23-39(24-12-33)45-27-7-3-1-5-9-29-47-48-30-10-6-2-4-8-28-46-40-25-13-34(14-26-40)32-44-38-21-17-36(42)18-22-38/h11-26,31-32H,1-10,27-30H2. The fourth-order valence-corrected chi connectivity index (χ4v) is 7.56. The summed E-state index contributed by atoms with van der Waals surface area (Å²) in [6.45, 7) is 1.56. The van der Waals surface area contributed by atoms with Crippen LogP contribution in [0.3, 0.4) is 0 Å². The van der Waals surface area contributed by atoms with E-state index in [1.165, 1.54) is 62.9 Å². The van der Waals surface area contributed by atoms with Gasteiger partial charge in [0.05, 0.1) is 24.6 Å². The summed E-state index contributed by atoms with van der Waals surface area (Å²) in [6, 6.07) is 32.3. The van der Waals surface area contributed by atoms with Gasteiger partial charge in [-0.25, -0.2) is 0 Å². The van der Waals surface area contributed by atoms with Crippen LogP contribution < -0.4 is 9.47 Å². The highest BCUT2D eigenvalue weighted by Crippen LogP contribution is 2.25. The van der Waals surface area contributed by atoms with E-state index in [9.17, 15) is 0 Å². The van der Waals surface area contributed by atoms with Crippen molar-refractivity contribution >= 4 is 77.3 Å².